The highest BCUT2D eigenvalue weighted by Crippen LogP contribution is 2.15. The van der Waals surface area contributed by atoms with Crippen molar-refractivity contribution in [1.82, 2.24) is 30.6 Å². The van der Waals surface area contributed by atoms with Crippen molar-refractivity contribution in [2.45, 2.75) is 13.1 Å². The van der Waals surface area contributed by atoms with Crippen LogP contribution in [0.25, 0.3) is 21.8 Å². The first kappa shape index (κ1) is 34.3. The average Bonchev–Trinajstić information content (AvgIpc) is 3.13. The molecule has 0 aliphatic rings. The number of fused-ring (bicyclic) bond motifs is 2. The van der Waals surface area contributed by atoms with Gasteiger partial charge in [0.15, 0.2) is 11.6 Å². The molecule has 0 saturated carbocycles. The third-order valence-electron chi connectivity index (χ3n) is 7.11. The molecule has 0 fully saturated rings. The summed E-state index contributed by atoms with van der Waals surface area (Å²) in [5, 5.41) is 15.1. The predicted molar refractivity (Wildman–Crippen MR) is 190 cm³/mol. The van der Waals surface area contributed by atoms with E-state index in [0.717, 1.165) is 14.7 Å². The molecular formula is C35H28IN7O6. The SMILES string of the molecule is COc1cccc(CNC(=O)c2nc3ccc(C#N)cc3c(=O)[nH]2)c1.COc1cccc(CNC(=O)c2nc3ccc(I)cc3c(=O)[nH]2)c1. The lowest BCUT2D eigenvalue weighted by Gasteiger charge is -2.07. The number of amides is 2. The number of hydrogen-bond donors (Lipinski definition) is 4. The minimum Gasteiger partial charge on any atom is -0.497 e. The van der Waals surface area contributed by atoms with Crippen LogP contribution in [0.5, 0.6) is 11.5 Å². The highest BCUT2D eigenvalue weighted by molar-refractivity contribution is 14.1. The minimum absolute atomic E-state index is 0.00314. The number of nitrogens with one attached hydrogen (secondary N) is 4. The van der Waals surface area contributed by atoms with Crippen LogP contribution in [0.2, 0.25) is 0 Å². The van der Waals surface area contributed by atoms with E-state index in [1.165, 1.54) is 6.07 Å². The van der Waals surface area contributed by atoms with Crippen LogP contribution in [-0.2, 0) is 13.1 Å². The van der Waals surface area contributed by atoms with Crippen LogP contribution in [0.3, 0.4) is 0 Å². The van der Waals surface area contributed by atoms with Gasteiger partial charge >= 0.3 is 0 Å². The smallest absolute Gasteiger partial charge is 0.287 e. The number of methoxy groups -OCH3 is 2. The number of aromatic amines is 2. The second-order valence-electron chi connectivity index (χ2n) is 10.4. The first-order valence-corrected chi connectivity index (χ1v) is 15.7. The molecule has 0 aliphatic carbocycles. The summed E-state index contributed by atoms with van der Waals surface area (Å²) in [5.74, 6) is 0.397. The van der Waals surface area contributed by atoms with E-state index in [0.29, 0.717) is 40.0 Å². The van der Waals surface area contributed by atoms with Crippen LogP contribution >= 0.6 is 22.6 Å². The Balaban J connectivity index is 0.000000191. The third kappa shape index (κ3) is 8.64. The topological polar surface area (TPSA) is 192 Å². The van der Waals surface area contributed by atoms with Gasteiger partial charge in [0.2, 0.25) is 0 Å². The van der Waals surface area contributed by atoms with Crippen LogP contribution in [0.1, 0.15) is 37.9 Å². The number of rotatable bonds is 8. The second-order valence-corrected chi connectivity index (χ2v) is 11.6. The number of aromatic nitrogens is 4. The summed E-state index contributed by atoms with van der Waals surface area (Å²) >= 11 is 2.12. The van der Waals surface area contributed by atoms with Crippen LogP contribution in [-0.4, -0.2) is 46.0 Å². The molecule has 6 aromatic rings. The van der Waals surface area contributed by atoms with Crippen molar-refractivity contribution in [3.8, 4) is 17.6 Å². The number of halogens is 1. The molecule has 2 amide bonds. The molecule has 2 aromatic heterocycles. The molecule has 13 nitrogen and oxygen atoms in total. The van der Waals surface area contributed by atoms with Gasteiger partial charge in [0.05, 0.1) is 47.7 Å². The van der Waals surface area contributed by atoms with E-state index in [1.54, 1.807) is 44.6 Å². The number of hydrogen-bond acceptors (Lipinski definition) is 9. The van der Waals surface area contributed by atoms with Crippen molar-refractivity contribution < 1.29 is 19.1 Å². The van der Waals surface area contributed by atoms with Gasteiger partial charge in [-0.1, -0.05) is 24.3 Å². The lowest BCUT2D eigenvalue weighted by Crippen LogP contribution is -2.27. The summed E-state index contributed by atoms with van der Waals surface area (Å²) in [6.45, 7) is 0.579. The van der Waals surface area contributed by atoms with Gasteiger partial charge < -0.3 is 30.1 Å². The number of carbonyl (C=O) groups is 2. The van der Waals surface area contributed by atoms with Crippen molar-refractivity contribution in [2.75, 3.05) is 14.2 Å². The summed E-state index contributed by atoms with van der Waals surface area (Å²) in [6.07, 6.45) is 0. The maximum absolute atomic E-state index is 12.3. The lowest BCUT2D eigenvalue weighted by molar-refractivity contribution is 0.0933. The van der Waals surface area contributed by atoms with Crippen LogP contribution in [0, 0.1) is 14.9 Å². The fraction of sp³-hybridized carbons (Fsp3) is 0.114. The highest BCUT2D eigenvalue weighted by atomic mass is 127. The van der Waals surface area contributed by atoms with Crippen LogP contribution in [0.15, 0.2) is 94.5 Å². The molecule has 14 heteroatoms. The molecule has 246 valence electrons. The summed E-state index contributed by atoms with van der Waals surface area (Å²) in [5.41, 5.74) is 2.16. The minimum atomic E-state index is -0.494. The monoisotopic (exact) mass is 769 g/mol. The largest absolute Gasteiger partial charge is 0.497 e. The van der Waals surface area contributed by atoms with Crippen LogP contribution < -0.4 is 31.2 Å². The number of carbonyl (C=O) groups excluding carboxylic acids is 2. The quantitative estimate of drug-likeness (QED) is 0.164. The molecular weight excluding hydrogens is 741 g/mol. The lowest BCUT2D eigenvalue weighted by atomic mass is 10.1. The Morgan fingerprint density at radius 1 is 0.735 bits per heavy atom. The van der Waals surface area contributed by atoms with Crippen molar-refractivity contribution in [1.29, 1.82) is 5.26 Å². The molecule has 0 atom stereocenters. The van der Waals surface area contributed by atoms with Crippen LogP contribution in [0.4, 0.5) is 0 Å². The van der Waals surface area contributed by atoms with Gasteiger partial charge in [-0.3, -0.25) is 19.2 Å². The van der Waals surface area contributed by atoms with E-state index in [1.807, 2.05) is 54.6 Å². The zero-order valence-corrected chi connectivity index (χ0v) is 28.3. The van der Waals surface area contributed by atoms with E-state index in [2.05, 4.69) is 53.2 Å². The maximum Gasteiger partial charge on any atom is 0.287 e. The van der Waals surface area contributed by atoms with Crippen molar-refractivity contribution in [3.63, 3.8) is 0 Å². The third-order valence-corrected chi connectivity index (χ3v) is 7.78. The molecule has 0 saturated heterocycles. The second kappa shape index (κ2) is 15.7. The van der Waals surface area contributed by atoms with E-state index >= 15 is 0 Å². The maximum atomic E-state index is 12.3. The number of H-pyrrole nitrogens is 2. The van der Waals surface area contributed by atoms with Crippen molar-refractivity contribution in [3.05, 3.63) is 138 Å². The Hall–Kier alpha value is -6.08. The number of ether oxygens (including phenoxy) is 2. The van der Waals surface area contributed by atoms with Gasteiger partial charge in [0, 0.05) is 16.7 Å². The normalized spacial score (nSPS) is 10.4. The van der Waals surface area contributed by atoms with Gasteiger partial charge in [-0.25, -0.2) is 9.97 Å². The molecule has 6 rings (SSSR count). The molecule has 49 heavy (non-hydrogen) atoms. The predicted octanol–water partition coefficient (Wildman–Crippen LogP) is 4.20. The molecule has 4 N–H and O–H groups in total. The Bertz CT molecular complexity index is 2350. The summed E-state index contributed by atoms with van der Waals surface area (Å²) < 4.78 is 11.2. The molecule has 4 aromatic carbocycles. The fourth-order valence-corrected chi connectivity index (χ4v) is 5.12. The van der Waals surface area contributed by atoms with Gasteiger partial charge in [0.1, 0.15) is 11.5 Å². The molecule has 2 heterocycles. The fourth-order valence-electron chi connectivity index (χ4n) is 4.63. The van der Waals surface area contributed by atoms with Gasteiger partial charge in [-0.05, 0) is 94.4 Å². The van der Waals surface area contributed by atoms with E-state index in [-0.39, 0.29) is 29.1 Å². The average molecular weight is 770 g/mol. The van der Waals surface area contributed by atoms with E-state index in [9.17, 15) is 19.2 Å². The Morgan fingerprint density at radius 3 is 1.71 bits per heavy atom. The number of nitrogens with zero attached hydrogens (tertiary/aromatic N) is 3. The van der Waals surface area contributed by atoms with E-state index in [4.69, 9.17) is 14.7 Å². The Morgan fingerprint density at radius 2 is 1.22 bits per heavy atom. The highest BCUT2D eigenvalue weighted by Gasteiger charge is 2.13. The molecule has 0 aliphatic heterocycles. The zero-order valence-electron chi connectivity index (χ0n) is 26.2. The summed E-state index contributed by atoms with van der Waals surface area (Å²) in [7, 11) is 3.15. The van der Waals surface area contributed by atoms with Gasteiger partial charge in [0.25, 0.3) is 22.9 Å². The molecule has 0 bridgehead atoms. The molecule has 0 unspecified atom stereocenters. The Kier molecular flexibility index (Phi) is 11.0. The van der Waals surface area contributed by atoms with Gasteiger partial charge in [-0.15, -0.1) is 0 Å². The summed E-state index contributed by atoms with van der Waals surface area (Å²) in [6, 6.07) is 26.5. The van der Waals surface area contributed by atoms with Gasteiger partial charge in [-0.2, -0.15) is 5.26 Å². The van der Waals surface area contributed by atoms with E-state index < -0.39 is 17.4 Å². The first-order chi connectivity index (χ1) is 23.7. The number of benzene rings is 4. The Labute approximate surface area is 292 Å². The van der Waals surface area contributed by atoms with Crippen molar-refractivity contribution >= 4 is 56.2 Å². The van der Waals surface area contributed by atoms with Crippen molar-refractivity contribution in [2.24, 2.45) is 0 Å². The molecule has 0 radical (unpaired) electrons. The number of nitriles is 1. The zero-order chi connectivity index (χ0) is 34.9. The molecule has 0 spiro atoms. The summed E-state index contributed by atoms with van der Waals surface area (Å²) in [4.78, 5) is 62.1. The first-order valence-electron chi connectivity index (χ1n) is 14.6. The standard InChI is InChI=1S/C18H14N4O3.C17H14IN3O3/c1-25-13-4-2-3-12(7-13)10-20-18(24)16-21-15-6-5-11(9-19)8-14(15)17(23)22-16;1-24-12-4-2-3-10(7-12)9-19-17(23)15-20-14-6-5-11(18)8-13(14)16(22)21-15/h2-8H,10H2,1H3,(H,20,24)(H,21,22,23);2-8H,9H2,1H3,(H,19,23)(H,20,21,22).